The predicted molar refractivity (Wildman–Crippen MR) is 56.9 cm³/mol. The van der Waals surface area contributed by atoms with Gasteiger partial charge in [-0.15, -0.1) is 0 Å². The summed E-state index contributed by atoms with van der Waals surface area (Å²) in [6.07, 6.45) is -0.508. The van der Waals surface area contributed by atoms with Crippen LogP contribution in [0.2, 0.25) is 0 Å². The molecule has 2 atom stereocenters. The van der Waals surface area contributed by atoms with Gasteiger partial charge in [0.1, 0.15) is 5.60 Å². The molecule has 1 heterocycles. The van der Waals surface area contributed by atoms with E-state index in [1.54, 1.807) is 20.8 Å². The first-order valence-corrected chi connectivity index (χ1v) is 5.17. The summed E-state index contributed by atoms with van der Waals surface area (Å²) in [6.45, 7) is 5.62. The molecular weight excluding hydrogens is 212 g/mol. The van der Waals surface area contributed by atoms with Crippen LogP contribution in [0.4, 0.5) is 4.79 Å². The van der Waals surface area contributed by atoms with Gasteiger partial charge in [-0.3, -0.25) is 4.79 Å². The number of ether oxygens (including phenoxy) is 1. The normalized spacial score (nSPS) is 25.6. The van der Waals surface area contributed by atoms with Gasteiger partial charge in [0.15, 0.2) is 0 Å². The molecule has 1 aliphatic rings. The molecule has 0 aromatic carbocycles. The van der Waals surface area contributed by atoms with E-state index in [0.29, 0.717) is 0 Å². The Bertz CT molecular complexity index is 298. The molecule has 0 aromatic rings. The van der Waals surface area contributed by atoms with Crippen LogP contribution in [0.3, 0.4) is 0 Å². The second kappa shape index (κ2) is 4.29. The molecule has 6 nitrogen and oxygen atoms in total. The van der Waals surface area contributed by atoms with E-state index >= 15 is 0 Å². The molecule has 1 rings (SSSR count). The van der Waals surface area contributed by atoms with Crippen molar-refractivity contribution in [2.75, 3.05) is 13.1 Å². The zero-order chi connectivity index (χ0) is 12.5. The van der Waals surface area contributed by atoms with Crippen molar-refractivity contribution in [3.05, 3.63) is 0 Å². The molecule has 0 aliphatic carbocycles. The number of carbonyl (C=O) groups is 2. The Morgan fingerprint density at radius 1 is 1.38 bits per heavy atom. The van der Waals surface area contributed by atoms with Gasteiger partial charge in [0.05, 0.1) is 5.92 Å². The molecule has 3 N–H and O–H groups in total. The second-order valence-electron chi connectivity index (χ2n) is 4.99. The van der Waals surface area contributed by atoms with Crippen LogP contribution in [-0.2, 0) is 9.53 Å². The van der Waals surface area contributed by atoms with Crippen molar-refractivity contribution in [3.63, 3.8) is 0 Å². The highest BCUT2D eigenvalue weighted by Gasteiger charge is 2.39. The summed E-state index contributed by atoms with van der Waals surface area (Å²) in [7, 11) is 0. The minimum absolute atomic E-state index is 0.116. The lowest BCUT2D eigenvalue weighted by molar-refractivity contribution is -0.141. The Kier molecular flexibility index (Phi) is 3.42. The fourth-order valence-electron chi connectivity index (χ4n) is 1.57. The third-order valence-corrected chi connectivity index (χ3v) is 2.33. The first-order valence-electron chi connectivity index (χ1n) is 5.17. The van der Waals surface area contributed by atoms with Gasteiger partial charge < -0.3 is 20.5 Å². The van der Waals surface area contributed by atoms with Crippen molar-refractivity contribution >= 4 is 12.1 Å². The first kappa shape index (κ1) is 12.8. The lowest BCUT2D eigenvalue weighted by atomic mass is 10.1. The minimum atomic E-state index is -0.974. The van der Waals surface area contributed by atoms with Crippen molar-refractivity contribution in [2.45, 2.75) is 32.4 Å². The molecule has 1 fully saturated rings. The van der Waals surface area contributed by atoms with Crippen molar-refractivity contribution in [1.29, 1.82) is 0 Å². The topological polar surface area (TPSA) is 92.9 Å². The zero-order valence-electron chi connectivity index (χ0n) is 9.77. The number of rotatable bonds is 1. The number of carboxylic acid groups (broad SMARTS) is 1. The Hall–Kier alpha value is -1.30. The van der Waals surface area contributed by atoms with Crippen LogP contribution >= 0.6 is 0 Å². The first-order chi connectivity index (χ1) is 7.20. The van der Waals surface area contributed by atoms with Crippen LogP contribution in [0.15, 0.2) is 0 Å². The van der Waals surface area contributed by atoms with Gasteiger partial charge in [-0.05, 0) is 20.8 Å². The third-order valence-electron chi connectivity index (χ3n) is 2.33. The van der Waals surface area contributed by atoms with E-state index in [9.17, 15) is 9.59 Å². The summed E-state index contributed by atoms with van der Waals surface area (Å²) >= 11 is 0. The van der Waals surface area contributed by atoms with E-state index in [4.69, 9.17) is 15.6 Å². The highest BCUT2D eigenvalue weighted by molar-refractivity contribution is 5.75. The quantitative estimate of drug-likeness (QED) is 0.674. The fourth-order valence-corrected chi connectivity index (χ4v) is 1.57. The van der Waals surface area contributed by atoms with E-state index in [1.165, 1.54) is 4.90 Å². The average Bonchev–Trinajstić information content (AvgIpc) is 2.44. The highest BCUT2D eigenvalue weighted by atomic mass is 16.6. The smallest absolute Gasteiger partial charge is 0.410 e. The average molecular weight is 230 g/mol. The maximum atomic E-state index is 11.6. The Labute approximate surface area is 94.3 Å². The monoisotopic (exact) mass is 230 g/mol. The molecule has 1 aliphatic heterocycles. The van der Waals surface area contributed by atoms with Crippen molar-refractivity contribution in [2.24, 2.45) is 11.7 Å². The summed E-state index contributed by atoms with van der Waals surface area (Å²) in [5.74, 6) is -1.67. The van der Waals surface area contributed by atoms with Crippen LogP contribution in [0.1, 0.15) is 20.8 Å². The van der Waals surface area contributed by atoms with Gasteiger partial charge in [0.25, 0.3) is 0 Å². The summed E-state index contributed by atoms with van der Waals surface area (Å²) < 4.78 is 5.14. The number of likely N-dealkylation sites (tertiary alicyclic amines) is 1. The van der Waals surface area contributed by atoms with Crippen LogP contribution < -0.4 is 5.73 Å². The molecule has 0 aromatic heterocycles. The number of nitrogens with two attached hydrogens (primary N) is 1. The molecule has 1 saturated heterocycles. The van der Waals surface area contributed by atoms with Gasteiger partial charge in [-0.2, -0.15) is 0 Å². The lowest BCUT2D eigenvalue weighted by Gasteiger charge is -2.24. The molecule has 0 bridgehead atoms. The largest absolute Gasteiger partial charge is 0.481 e. The SMILES string of the molecule is CC(C)(C)OC(=O)N1CC(N)C(C(=O)O)C1. The standard InChI is InChI=1S/C10H18N2O4/c1-10(2,3)16-9(15)12-4-6(8(13)14)7(11)5-12/h6-7H,4-5,11H2,1-3H3,(H,13,14). The molecule has 0 saturated carbocycles. The van der Waals surface area contributed by atoms with Crippen LogP contribution in [0.25, 0.3) is 0 Å². The molecular formula is C10H18N2O4. The number of carboxylic acids is 1. The maximum absolute atomic E-state index is 11.6. The van der Waals surface area contributed by atoms with E-state index in [1.807, 2.05) is 0 Å². The summed E-state index contributed by atoms with van der Waals surface area (Å²) in [5, 5.41) is 8.86. The van der Waals surface area contributed by atoms with Crippen LogP contribution in [-0.4, -0.2) is 46.8 Å². The number of carbonyl (C=O) groups excluding carboxylic acids is 1. The fraction of sp³-hybridized carbons (Fsp3) is 0.800. The molecule has 0 spiro atoms. The second-order valence-corrected chi connectivity index (χ2v) is 4.99. The summed E-state index contributed by atoms with van der Waals surface area (Å²) in [6, 6.07) is -0.523. The minimum Gasteiger partial charge on any atom is -0.481 e. The van der Waals surface area contributed by atoms with Crippen LogP contribution in [0, 0.1) is 5.92 Å². The number of amides is 1. The Balaban J connectivity index is 2.58. The zero-order valence-corrected chi connectivity index (χ0v) is 9.77. The van der Waals surface area contributed by atoms with Crippen LogP contribution in [0.5, 0.6) is 0 Å². The van der Waals surface area contributed by atoms with Gasteiger partial charge in [-0.1, -0.05) is 0 Å². The molecule has 1 amide bonds. The molecule has 2 unspecified atom stereocenters. The maximum Gasteiger partial charge on any atom is 0.410 e. The lowest BCUT2D eigenvalue weighted by Crippen LogP contribution is -2.36. The van der Waals surface area contributed by atoms with Gasteiger partial charge in [0, 0.05) is 19.1 Å². The van der Waals surface area contributed by atoms with E-state index < -0.39 is 29.6 Å². The number of nitrogens with zero attached hydrogens (tertiary/aromatic N) is 1. The Morgan fingerprint density at radius 2 is 1.94 bits per heavy atom. The third kappa shape index (κ3) is 3.10. The summed E-state index contributed by atoms with van der Waals surface area (Å²) in [5.41, 5.74) is 5.06. The Morgan fingerprint density at radius 3 is 2.31 bits per heavy atom. The number of aliphatic carboxylic acids is 1. The van der Waals surface area contributed by atoms with E-state index in [2.05, 4.69) is 0 Å². The number of hydrogen-bond acceptors (Lipinski definition) is 4. The van der Waals surface area contributed by atoms with Crippen molar-refractivity contribution in [3.8, 4) is 0 Å². The van der Waals surface area contributed by atoms with Gasteiger partial charge in [0.2, 0.25) is 0 Å². The predicted octanol–water partition coefficient (Wildman–Crippen LogP) is 0.265. The molecule has 6 heteroatoms. The van der Waals surface area contributed by atoms with E-state index in [0.717, 1.165) is 0 Å². The summed E-state index contributed by atoms with van der Waals surface area (Å²) in [4.78, 5) is 23.8. The highest BCUT2D eigenvalue weighted by Crippen LogP contribution is 2.18. The molecule has 0 radical (unpaired) electrons. The van der Waals surface area contributed by atoms with Gasteiger partial charge >= 0.3 is 12.1 Å². The number of hydrogen-bond donors (Lipinski definition) is 2. The van der Waals surface area contributed by atoms with Crippen molar-refractivity contribution in [1.82, 2.24) is 4.90 Å². The molecule has 92 valence electrons. The van der Waals surface area contributed by atoms with E-state index in [-0.39, 0.29) is 13.1 Å². The molecule has 16 heavy (non-hydrogen) atoms. The van der Waals surface area contributed by atoms with Crippen molar-refractivity contribution < 1.29 is 19.4 Å². The van der Waals surface area contributed by atoms with Gasteiger partial charge in [-0.25, -0.2) is 4.79 Å².